The molecule has 0 unspecified atom stereocenters. The van der Waals surface area contributed by atoms with E-state index in [0.29, 0.717) is 11.4 Å². The van der Waals surface area contributed by atoms with Crippen molar-refractivity contribution >= 4 is 23.0 Å². The van der Waals surface area contributed by atoms with Gasteiger partial charge in [0.15, 0.2) is 0 Å². The number of benzene rings is 2. The Morgan fingerprint density at radius 2 is 2.00 bits per heavy atom. The first-order valence-electron chi connectivity index (χ1n) is 7.19. The minimum atomic E-state index is 0.435. The molecule has 1 aliphatic rings. The number of nitrogens with zero attached hydrogens (tertiary/aromatic N) is 2. The van der Waals surface area contributed by atoms with Crippen LogP contribution in [0.3, 0.4) is 0 Å². The van der Waals surface area contributed by atoms with Crippen molar-refractivity contribution in [3.8, 4) is 6.07 Å². The van der Waals surface area contributed by atoms with Crippen molar-refractivity contribution in [3.05, 3.63) is 58.7 Å². The molecule has 0 fully saturated rings. The normalized spacial score (nSPS) is 13.7. The molecule has 106 valence electrons. The van der Waals surface area contributed by atoms with Gasteiger partial charge < -0.3 is 4.90 Å². The number of hydrogen-bond acceptors (Lipinski definition) is 2. The van der Waals surface area contributed by atoms with Gasteiger partial charge in [-0.2, -0.15) is 5.26 Å². The Morgan fingerprint density at radius 1 is 1.19 bits per heavy atom. The Morgan fingerprint density at radius 3 is 2.76 bits per heavy atom. The van der Waals surface area contributed by atoms with Gasteiger partial charge in [0.1, 0.15) is 6.07 Å². The van der Waals surface area contributed by atoms with Crippen molar-refractivity contribution in [3.63, 3.8) is 0 Å². The van der Waals surface area contributed by atoms with E-state index in [4.69, 9.17) is 11.6 Å². The van der Waals surface area contributed by atoms with Crippen LogP contribution < -0.4 is 4.90 Å². The highest BCUT2D eigenvalue weighted by Crippen LogP contribution is 2.36. The first-order valence-corrected chi connectivity index (χ1v) is 7.72. The molecule has 2 aromatic rings. The summed E-state index contributed by atoms with van der Waals surface area (Å²) >= 11 is 5.87. The van der Waals surface area contributed by atoms with E-state index in [2.05, 4.69) is 36.1 Å². The van der Waals surface area contributed by atoms with Gasteiger partial charge in [-0.25, -0.2) is 0 Å². The molecule has 0 saturated heterocycles. The summed E-state index contributed by atoms with van der Waals surface area (Å²) in [7, 11) is 0. The van der Waals surface area contributed by atoms with Crippen LogP contribution in [0.5, 0.6) is 0 Å². The Bertz CT molecular complexity index is 716. The molecule has 0 aromatic heterocycles. The fourth-order valence-electron chi connectivity index (χ4n) is 2.97. The molecule has 0 aliphatic carbocycles. The zero-order chi connectivity index (χ0) is 14.8. The minimum absolute atomic E-state index is 0.435. The molecule has 2 aromatic carbocycles. The lowest BCUT2D eigenvalue weighted by Gasteiger charge is -2.32. The molecule has 2 nitrogen and oxygen atoms in total. The molecule has 0 spiro atoms. The molecule has 1 aliphatic heterocycles. The van der Waals surface area contributed by atoms with Crippen LogP contribution in [0.25, 0.3) is 0 Å². The van der Waals surface area contributed by atoms with Crippen molar-refractivity contribution in [2.75, 3.05) is 11.4 Å². The van der Waals surface area contributed by atoms with E-state index in [-0.39, 0.29) is 0 Å². The Balaban J connectivity index is 2.09. The van der Waals surface area contributed by atoms with Crippen LogP contribution >= 0.6 is 11.6 Å². The summed E-state index contributed by atoms with van der Waals surface area (Å²) in [5, 5.41) is 9.44. The molecule has 0 atom stereocenters. The van der Waals surface area contributed by atoms with Crippen molar-refractivity contribution in [1.82, 2.24) is 0 Å². The van der Waals surface area contributed by atoms with E-state index in [0.717, 1.165) is 30.6 Å². The molecule has 0 bridgehead atoms. The van der Waals surface area contributed by atoms with E-state index in [1.54, 1.807) is 0 Å². The van der Waals surface area contributed by atoms with Gasteiger partial charge in [0.2, 0.25) is 0 Å². The molecule has 0 N–H and O–H groups in total. The van der Waals surface area contributed by atoms with E-state index in [9.17, 15) is 5.26 Å². The van der Waals surface area contributed by atoms with Crippen molar-refractivity contribution in [2.24, 2.45) is 0 Å². The Labute approximate surface area is 130 Å². The third kappa shape index (κ3) is 2.62. The summed E-state index contributed by atoms with van der Waals surface area (Å²) in [6.45, 7) is 3.07. The van der Waals surface area contributed by atoms with Gasteiger partial charge in [0.05, 0.1) is 11.3 Å². The highest BCUT2D eigenvalue weighted by atomic mass is 35.5. The maximum absolute atomic E-state index is 9.44. The molecular formula is C18H17ClN2. The zero-order valence-corrected chi connectivity index (χ0v) is 12.8. The summed E-state index contributed by atoms with van der Waals surface area (Å²) in [5.41, 5.74) is 6.54. The van der Waals surface area contributed by atoms with Crippen LogP contribution in [-0.2, 0) is 12.3 Å². The predicted octanol–water partition coefficient (Wildman–Crippen LogP) is 4.69. The number of halogens is 1. The van der Waals surface area contributed by atoms with Gasteiger partial charge in [-0.1, -0.05) is 23.8 Å². The van der Waals surface area contributed by atoms with Gasteiger partial charge in [-0.15, -0.1) is 11.6 Å². The number of hydrogen-bond donors (Lipinski definition) is 0. The van der Waals surface area contributed by atoms with E-state index in [1.807, 2.05) is 18.2 Å². The maximum atomic E-state index is 9.44. The molecule has 0 radical (unpaired) electrons. The highest BCUT2D eigenvalue weighted by molar-refractivity contribution is 6.17. The van der Waals surface area contributed by atoms with Gasteiger partial charge >= 0.3 is 0 Å². The van der Waals surface area contributed by atoms with Crippen LogP contribution in [0.4, 0.5) is 11.4 Å². The topological polar surface area (TPSA) is 27.0 Å². The van der Waals surface area contributed by atoms with Gasteiger partial charge in [0, 0.05) is 18.1 Å². The first kappa shape index (κ1) is 14.0. The first-order chi connectivity index (χ1) is 10.2. The number of fused-ring (bicyclic) bond motifs is 1. The lowest BCUT2D eigenvalue weighted by Crippen LogP contribution is -2.25. The molecule has 3 rings (SSSR count). The van der Waals surface area contributed by atoms with Crippen LogP contribution in [0.15, 0.2) is 36.4 Å². The number of rotatable bonds is 2. The van der Waals surface area contributed by atoms with E-state index < -0.39 is 0 Å². The van der Waals surface area contributed by atoms with Crippen molar-refractivity contribution in [2.45, 2.75) is 25.6 Å². The summed E-state index contributed by atoms with van der Waals surface area (Å²) < 4.78 is 0. The second-order valence-electron chi connectivity index (χ2n) is 5.48. The minimum Gasteiger partial charge on any atom is -0.340 e. The molecule has 21 heavy (non-hydrogen) atoms. The quantitative estimate of drug-likeness (QED) is 0.752. The van der Waals surface area contributed by atoms with Gasteiger partial charge in [-0.3, -0.25) is 0 Å². The smallest absolute Gasteiger partial charge is 0.101 e. The van der Waals surface area contributed by atoms with E-state index in [1.165, 1.54) is 16.8 Å². The van der Waals surface area contributed by atoms with Crippen molar-refractivity contribution in [1.29, 1.82) is 5.26 Å². The molecule has 1 heterocycles. The Kier molecular flexibility index (Phi) is 3.86. The standard InChI is InChI=1S/C18H17ClN2/c1-13-4-6-17-15(9-13)3-2-8-21(17)18-7-5-14(11-19)10-16(18)12-20/h4-7,9-10H,2-3,8,11H2,1H3. The molecule has 3 heteroatoms. The maximum Gasteiger partial charge on any atom is 0.101 e. The average molecular weight is 297 g/mol. The second kappa shape index (κ2) is 5.79. The number of alkyl halides is 1. The lowest BCUT2D eigenvalue weighted by atomic mass is 9.98. The highest BCUT2D eigenvalue weighted by Gasteiger charge is 2.20. The predicted molar refractivity (Wildman–Crippen MR) is 87.2 cm³/mol. The van der Waals surface area contributed by atoms with Gasteiger partial charge in [-0.05, 0) is 49.1 Å². The fraction of sp³-hybridized carbons (Fsp3) is 0.278. The Hall–Kier alpha value is -1.98. The van der Waals surface area contributed by atoms with Crippen LogP contribution in [0.1, 0.15) is 28.7 Å². The number of aryl methyl sites for hydroxylation is 2. The lowest BCUT2D eigenvalue weighted by molar-refractivity contribution is 0.765. The molecule has 0 saturated carbocycles. The van der Waals surface area contributed by atoms with Gasteiger partial charge in [0.25, 0.3) is 0 Å². The zero-order valence-electron chi connectivity index (χ0n) is 12.1. The third-order valence-corrected chi connectivity index (χ3v) is 4.29. The largest absolute Gasteiger partial charge is 0.340 e. The summed E-state index contributed by atoms with van der Waals surface area (Å²) in [5.74, 6) is 0.435. The summed E-state index contributed by atoms with van der Waals surface area (Å²) in [4.78, 5) is 2.26. The summed E-state index contributed by atoms with van der Waals surface area (Å²) in [6.07, 6.45) is 2.22. The molecular weight excluding hydrogens is 280 g/mol. The number of nitriles is 1. The fourth-order valence-corrected chi connectivity index (χ4v) is 3.13. The average Bonchev–Trinajstić information content (AvgIpc) is 2.53. The van der Waals surface area contributed by atoms with E-state index >= 15 is 0 Å². The SMILES string of the molecule is Cc1ccc2c(c1)CCCN2c1ccc(CCl)cc1C#N. The summed E-state index contributed by atoms with van der Waals surface area (Å²) in [6, 6.07) is 14.8. The van der Waals surface area contributed by atoms with Crippen LogP contribution in [-0.4, -0.2) is 6.54 Å². The second-order valence-corrected chi connectivity index (χ2v) is 5.75. The third-order valence-electron chi connectivity index (χ3n) is 3.98. The molecule has 0 amide bonds. The number of anilines is 2. The van der Waals surface area contributed by atoms with Crippen molar-refractivity contribution < 1.29 is 0 Å². The monoisotopic (exact) mass is 296 g/mol. The van der Waals surface area contributed by atoms with Crippen LogP contribution in [0, 0.1) is 18.3 Å². The van der Waals surface area contributed by atoms with Crippen LogP contribution in [0.2, 0.25) is 0 Å².